The van der Waals surface area contributed by atoms with Gasteiger partial charge in [0.1, 0.15) is 5.84 Å². The standard InChI is InChI=1S/C12H17N3O4/c1-12(2,11(13)15-19)6-14-10(18)7-3-4-8(16)9(17)5-7/h3-5,16-17,19H,6H2,1-2H3,(H2,13,15)(H,14,18). The number of phenolic OH excluding ortho intramolecular Hbond substituents is 2. The van der Waals surface area contributed by atoms with Gasteiger partial charge >= 0.3 is 0 Å². The highest BCUT2D eigenvalue weighted by atomic mass is 16.4. The van der Waals surface area contributed by atoms with E-state index in [2.05, 4.69) is 10.5 Å². The zero-order valence-corrected chi connectivity index (χ0v) is 10.7. The summed E-state index contributed by atoms with van der Waals surface area (Å²) in [7, 11) is 0. The Kier molecular flexibility index (Phi) is 4.21. The highest BCUT2D eigenvalue weighted by molar-refractivity contribution is 5.95. The summed E-state index contributed by atoms with van der Waals surface area (Å²) in [5, 5.41) is 32.6. The largest absolute Gasteiger partial charge is 0.504 e. The maximum absolute atomic E-state index is 11.8. The van der Waals surface area contributed by atoms with Crippen molar-refractivity contribution in [2.24, 2.45) is 16.3 Å². The Hall–Kier alpha value is -2.44. The number of aromatic hydroxyl groups is 2. The van der Waals surface area contributed by atoms with Gasteiger partial charge in [-0.25, -0.2) is 0 Å². The van der Waals surface area contributed by atoms with E-state index in [1.54, 1.807) is 13.8 Å². The molecule has 1 amide bonds. The maximum atomic E-state index is 11.8. The van der Waals surface area contributed by atoms with Gasteiger partial charge in [-0.3, -0.25) is 4.79 Å². The second-order valence-electron chi connectivity index (χ2n) is 4.76. The number of amidine groups is 1. The average molecular weight is 267 g/mol. The summed E-state index contributed by atoms with van der Waals surface area (Å²) in [6.45, 7) is 3.57. The number of nitrogens with two attached hydrogens (primary N) is 1. The van der Waals surface area contributed by atoms with Crippen LogP contribution in [0.5, 0.6) is 11.5 Å². The van der Waals surface area contributed by atoms with E-state index >= 15 is 0 Å². The third-order valence-corrected chi connectivity index (χ3v) is 2.73. The predicted molar refractivity (Wildman–Crippen MR) is 69.3 cm³/mol. The Bertz CT molecular complexity index is 512. The van der Waals surface area contributed by atoms with Gasteiger partial charge in [-0.15, -0.1) is 0 Å². The van der Waals surface area contributed by atoms with Crippen LogP contribution in [-0.2, 0) is 0 Å². The van der Waals surface area contributed by atoms with E-state index in [9.17, 15) is 9.90 Å². The fourth-order valence-electron chi connectivity index (χ4n) is 1.29. The molecule has 0 bridgehead atoms. The van der Waals surface area contributed by atoms with Crippen molar-refractivity contribution in [3.05, 3.63) is 23.8 Å². The van der Waals surface area contributed by atoms with Crippen molar-refractivity contribution in [2.45, 2.75) is 13.8 Å². The Labute approximate surface area is 110 Å². The number of amides is 1. The Morgan fingerprint density at radius 2 is 2.00 bits per heavy atom. The van der Waals surface area contributed by atoms with Crippen LogP contribution >= 0.6 is 0 Å². The lowest BCUT2D eigenvalue weighted by Crippen LogP contribution is -2.42. The monoisotopic (exact) mass is 267 g/mol. The highest BCUT2D eigenvalue weighted by Gasteiger charge is 2.24. The molecule has 0 aliphatic carbocycles. The number of oxime groups is 1. The number of hydrogen-bond donors (Lipinski definition) is 5. The van der Waals surface area contributed by atoms with Crippen molar-refractivity contribution in [3.8, 4) is 11.5 Å². The molecule has 0 saturated carbocycles. The molecule has 7 nitrogen and oxygen atoms in total. The smallest absolute Gasteiger partial charge is 0.251 e. The number of nitrogens with one attached hydrogen (secondary N) is 1. The van der Waals surface area contributed by atoms with Crippen LogP contribution in [0.4, 0.5) is 0 Å². The van der Waals surface area contributed by atoms with Gasteiger partial charge in [-0.2, -0.15) is 0 Å². The first-order valence-corrected chi connectivity index (χ1v) is 5.56. The summed E-state index contributed by atoms with van der Waals surface area (Å²) < 4.78 is 0. The first kappa shape index (κ1) is 14.6. The number of carbonyl (C=O) groups excluding carboxylic acids is 1. The number of benzene rings is 1. The molecular weight excluding hydrogens is 250 g/mol. The minimum Gasteiger partial charge on any atom is -0.504 e. The molecule has 6 N–H and O–H groups in total. The molecule has 1 rings (SSSR count). The summed E-state index contributed by atoms with van der Waals surface area (Å²) in [6, 6.07) is 3.75. The van der Waals surface area contributed by atoms with Crippen LogP contribution in [0.25, 0.3) is 0 Å². The van der Waals surface area contributed by atoms with E-state index in [4.69, 9.17) is 16.0 Å². The molecule has 0 heterocycles. The molecule has 0 radical (unpaired) electrons. The second-order valence-corrected chi connectivity index (χ2v) is 4.76. The molecule has 0 unspecified atom stereocenters. The number of hydrogen-bond acceptors (Lipinski definition) is 5. The highest BCUT2D eigenvalue weighted by Crippen LogP contribution is 2.24. The van der Waals surface area contributed by atoms with Crippen molar-refractivity contribution < 1.29 is 20.2 Å². The summed E-state index contributed by atoms with van der Waals surface area (Å²) in [4.78, 5) is 11.8. The van der Waals surface area contributed by atoms with Gasteiger partial charge in [-0.05, 0) is 18.2 Å². The number of rotatable bonds is 4. The first-order chi connectivity index (χ1) is 8.77. The molecule has 19 heavy (non-hydrogen) atoms. The van der Waals surface area contributed by atoms with Crippen molar-refractivity contribution in [2.75, 3.05) is 6.54 Å². The van der Waals surface area contributed by atoms with E-state index in [0.29, 0.717) is 0 Å². The van der Waals surface area contributed by atoms with Gasteiger partial charge in [-0.1, -0.05) is 19.0 Å². The molecule has 0 saturated heterocycles. The molecule has 0 aliphatic rings. The molecule has 0 aromatic heterocycles. The molecule has 0 atom stereocenters. The van der Waals surface area contributed by atoms with E-state index in [1.807, 2.05) is 0 Å². The Morgan fingerprint density at radius 1 is 1.37 bits per heavy atom. The summed E-state index contributed by atoms with van der Waals surface area (Å²) in [5.74, 6) is -1.10. The SMILES string of the molecule is CC(C)(CNC(=O)c1ccc(O)c(O)c1)/C(N)=N/O. The van der Waals surface area contributed by atoms with Crippen LogP contribution < -0.4 is 11.1 Å². The van der Waals surface area contributed by atoms with Gasteiger partial charge in [0.25, 0.3) is 5.91 Å². The number of nitrogens with zero attached hydrogens (tertiary/aromatic N) is 1. The lowest BCUT2D eigenvalue weighted by Gasteiger charge is -2.23. The van der Waals surface area contributed by atoms with Gasteiger partial charge < -0.3 is 26.5 Å². The Balaban J connectivity index is 2.73. The summed E-state index contributed by atoms with van der Waals surface area (Å²) >= 11 is 0. The van der Waals surface area contributed by atoms with E-state index < -0.39 is 11.3 Å². The molecule has 1 aromatic rings. The zero-order valence-electron chi connectivity index (χ0n) is 10.7. The number of phenols is 2. The fourth-order valence-corrected chi connectivity index (χ4v) is 1.29. The van der Waals surface area contributed by atoms with Crippen molar-refractivity contribution in [1.82, 2.24) is 5.32 Å². The molecule has 0 aliphatic heterocycles. The number of carbonyl (C=O) groups is 1. The normalized spacial score (nSPS) is 12.2. The molecule has 7 heteroatoms. The zero-order chi connectivity index (χ0) is 14.6. The van der Waals surface area contributed by atoms with Crippen molar-refractivity contribution in [3.63, 3.8) is 0 Å². The Morgan fingerprint density at radius 3 is 2.53 bits per heavy atom. The van der Waals surface area contributed by atoms with Crippen LogP contribution in [-0.4, -0.2) is 33.7 Å². The quantitative estimate of drug-likeness (QED) is 0.179. The van der Waals surface area contributed by atoms with Crippen LogP contribution in [0.15, 0.2) is 23.4 Å². The average Bonchev–Trinajstić information content (AvgIpc) is 2.38. The third kappa shape index (κ3) is 3.51. The van der Waals surface area contributed by atoms with E-state index in [-0.39, 0.29) is 29.4 Å². The van der Waals surface area contributed by atoms with Crippen LogP contribution in [0.2, 0.25) is 0 Å². The summed E-state index contributed by atoms with van der Waals surface area (Å²) in [6.07, 6.45) is 0. The maximum Gasteiger partial charge on any atom is 0.251 e. The minimum atomic E-state index is -0.705. The lowest BCUT2D eigenvalue weighted by molar-refractivity contribution is 0.0944. The van der Waals surface area contributed by atoms with Gasteiger partial charge in [0.2, 0.25) is 0 Å². The van der Waals surface area contributed by atoms with Gasteiger partial charge in [0, 0.05) is 17.5 Å². The minimum absolute atomic E-state index is 0.00125. The lowest BCUT2D eigenvalue weighted by atomic mass is 9.92. The van der Waals surface area contributed by atoms with Gasteiger partial charge in [0.15, 0.2) is 11.5 Å². The van der Waals surface area contributed by atoms with Gasteiger partial charge in [0.05, 0.1) is 0 Å². The van der Waals surface area contributed by atoms with Crippen LogP contribution in [0.3, 0.4) is 0 Å². The fraction of sp³-hybridized carbons (Fsp3) is 0.333. The second kappa shape index (κ2) is 5.47. The first-order valence-electron chi connectivity index (χ1n) is 5.56. The van der Waals surface area contributed by atoms with Crippen molar-refractivity contribution >= 4 is 11.7 Å². The van der Waals surface area contributed by atoms with Crippen LogP contribution in [0.1, 0.15) is 24.2 Å². The molecule has 104 valence electrons. The van der Waals surface area contributed by atoms with Crippen LogP contribution in [0, 0.1) is 5.41 Å². The molecule has 1 aromatic carbocycles. The van der Waals surface area contributed by atoms with E-state index in [0.717, 1.165) is 6.07 Å². The molecular formula is C12H17N3O4. The molecule has 0 spiro atoms. The third-order valence-electron chi connectivity index (χ3n) is 2.73. The predicted octanol–water partition coefficient (Wildman–Crippen LogP) is 0.600. The molecule has 0 fully saturated rings. The van der Waals surface area contributed by atoms with Crippen molar-refractivity contribution in [1.29, 1.82) is 0 Å². The summed E-state index contributed by atoms with van der Waals surface area (Å²) in [5.41, 5.74) is 4.99. The topological polar surface area (TPSA) is 128 Å². The van der Waals surface area contributed by atoms with E-state index in [1.165, 1.54) is 12.1 Å².